The van der Waals surface area contributed by atoms with Gasteiger partial charge in [0.1, 0.15) is 5.76 Å². The number of rotatable bonds is 2. The number of ether oxygens (including phenoxy) is 1. The van der Waals surface area contributed by atoms with Gasteiger partial charge in [0.25, 0.3) is 0 Å². The van der Waals surface area contributed by atoms with Crippen LogP contribution in [-0.4, -0.2) is 14.2 Å². The lowest BCUT2D eigenvalue weighted by Crippen LogP contribution is -2.04. The molecule has 0 fully saturated rings. The van der Waals surface area contributed by atoms with Gasteiger partial charge in [-0.2, -0.15) is 0 Å². The smallest absolute Gasteiger partial charge is 0.120 e. The molecule has 2 heteroatoms. The molecule has 11 heavy (non-hydrogen) atoms. The SMILES string of the molecule is CNC1=CC(OC)=CC=CC1. The van der Waals surface area contributed by atoms with Crippen LogP contribution in [0.25, 0.3) is 0 Å². The van der Waals surface area contributed by atoms with Crippen molar-refractivity contribution in [3.8, 4) is 0 Å². The lowest BCUT2D eigenvalue weighted by molar-refractivity contribution is 0.306. The van der Waals surface area contributed by atoms with E-state index in [0.717, 1.165) is 12.2 Å². The Kier molecular flexibility index (Phi) is 2.78. The molecule has 0 bridgehead atoms. The Bertz CT molecular complexity index is 214. The van der Waals surface area contributed by atoms with Gasteiger partial charge in [-0.25, -0.2) is 0 Å². The molecule has 1 rings (SSSR count). The Labute approximate surface area is 67.2 Å². The third-order valence-corrected chi connectivity index (χ3v) is 1.61. The highest BCUT2D eigenvalue weighted by atomic mass is 16.5. The molecule has 1 aliphatic rings. The topological polar surface area (TPSA) is 21.3 Å². The predicted octanol–water partition coefficient (Wildman–Crippen LogP) is 1.58. The summed E-state index contributed by atoms with van der Waals surface area (Å²) in [7, 11) is 3.59. The van der Waals surface area contributed by atoms with E-state index in [9.17, 15) is 0 Å². The van der Waals surface area contributed by atoms with Gasteiger partial charge in [0.05, 0.1) is 7.11 Å². The van der Waals surface area contributed by atoms with Crippen LogP contribution in [0.1, 0.15) is 6.42 Å². The molecule has 60 valence electrons. The first-order chi connectivity index (χ1) is 5.36. The van der Waals surface area contributed by atoms with E-state index in [0.29, 0.717) is 0 Å². The summed E-state index contributed by atoms with van der Waals surface area (Å²) >= 11 is 0. The van der Waals surface area contributed by atoms with E-state index in [1.807, 2.05) is 25.3 Å². The second kappa shape index (κ2) is 3.86. The third kappa shape index (κ3) is 2.15. The van der Waals surface area contributed by atoms with E-state index < -0.39 is 0 Å². The Morgan fingerprint density at radius 2 is 2.36 bits per heavy atom. The quantitative estimate of drug-likeness (QED) is 0.647. The fraction of sp³-hybridized carbons (Fsp3) is 0.333. The number of nitrogens with one attached hydrogen (secondary N) is 1. The molecule has 0 unspecified atom stereocenters. The van der Waals surface area contributed by atoms with Crippen LogP contribution in [0, 0.1) is 0 Å². The molecule has 0 aromatic rings. The Hall–Kier alpha value is -1.18. The second-order valence-corrected chi connectivity index (χ2v) is 2.33. The van der Waals surface area contributed by atoms with Gasteiger partial charge < -0.3 is 10.1 Å². The molecule has 0 aromatic carbocycles. The summed E-state index contributed by atoms with van der Waals surface area (Å²) in [4.78, 5) is 0. The molecule has 0 spiro atoms. The monoisotopic (exact) mass is 151 g/mol. The lowest BCUT2D eigenvalue weighted by atomic mass is 10.3. The van der Waals surface area contributed by atoms with Gasteiger partial charge in [-0.3, -0.25) is 0 Å². The van der Waals surface area contributed by atoms with Crippen molar-refractivity contribution in [1.29, 1.82) is 0 Å². The largest absolute Gasteiger partial charge is 0.497 e. The standard InChI is InChI=1S/C9H13NO/c1-10-8-5-3-4-6-9(7-8)11-2/h3-4,6-7,10H,5H2,1-2H3. The van der Waals surface area contributed by atoms with E-state index in [1.165, 1.54) is 5.70 Å². The normalized spacial score (nSPS) is 16.5. The molecule has 0 radical (unpaired) electrons. The summed E-state index contributed by atoms with van der Waals surface area (Å²) in [6.45, 7) is 0. The molecule has 0 atom stereocenters. The maximum Gasteiger partial charge on any atom is 0.120 e. The minimum atomic E-state index is 0.892. The van der Waals surface area contributed by atoms with Crippen LogP contribution in [0.4, 0.5) is 0 Å². The zero-order valence-corrected chi connectivity index (χ0v) is 6.92. The summed E-state index contributed by atoms with van der Waals surface area (Å²) in [6, 6.07) is 0. The average molecular weight is 151 g/mol. The molecule has 2 nitrogen and oxygen atoms in total. The molecule has 0 aliphatic heterocycles. The van der Waals surface area contributed by atoms with Crippen LogP contribution in [0.2, 0.25) is 0 Å². The molecule has 1 aliphatic carbocycles. The molecule has 0 heterocycles. The summed E-state index contributed by atoms with van der Waals surface area (Å²) in [5.74, 6) is 0.892. The molecule has 1 N–H and O–H groups in total. The Balaban J connectivity index is 2.77. The maximum absolute atomic E-state index is 5.10. The molecule has 0 aromatic heterocycles. The van der Waals surface area contributed by atoms with Crippen molar-refractivity contribution >= 4 is 0 Å². The Morgan fingerprint density at radius 3 is 3.00 bits per heavy atom. The zero-order chi connectivity index (χ0) is 8.10. The number of hydrogen-bond acceptors (Lipinski definition) is 2. The van der Waals surface area contributed by atoms with Crippen molar-refractivity contribution < 1.29 is 4.74 Å². The van der Waals surface area contributed by atoms with Crippen molar-refractivity contribution in [2.75, 3.05) is 14.2 Å². The minimum Gasteiger partial charge on any atom is -0.497 e. The van der Waals surface area contributed by atoms with Crippen molar-refractivity contribution in [3.63, 3.8) is 0 Å². The first-order valence-corrected chi connectivity index (χ1v) is 3.66. The molecule has 0 saturated carbocycles. The first-order valence-electron chi connectivity index (χ1n) is 3.66. The van der Waals surface area contributed by atoms with E-state index in [4.69, 9.17) is 4.74 Å². The average Bonchev–Trinajstić information content (AvgIpc) is 2.28. The van der Waals surface area contributed by atoms with E-state index >= 15 is 0 Å². The number of allylic oxidation sites excluding steroid dienone is 4. The molecular formula is C9H13NO. The minimum absolute atomic E-state index is 0.892. The zero-order valence-electron chi connectivity index (χ0n) is 6.92. The van der Waals surface area contributed by atoms with Gasteiger partial charge in [-0.15, -0.1) is 0 Å². The maximum atomic E-state index is 5.10. The fourth-order valence-electron chi connectivity index (χ4n) is 0.938. The molecular weight excluding hydrogens is 138 g/mol. The van der Waals surface area contributed by atoms with Crippen molar-refractivity contribution in [2.45, 2.75) is 6.42 Å². The number of methoxy groups -OCH3 is 1. The van der Waals surface area contributed by atoms with Crippen molar-refractivity contribution in [2.24, 2.45) is 0 Å². The van der Waals surface area contributed by atoms with Crippen LogP contribution >= 0.6 is 0 Å². The lowest BCUT2D eigenvalue weighted by Gasteiger charge is -2.03. The van der Waals surface area contributed by atoms with Gasteiger partial charge in [-0.05, 0) is 12.2 Å². The van der Waals surface area contributed by atoms with Crippen LogP contribution in [-0.2, 0) is 4.74 Å². The molecule has 0 amide bonds. The van der Waals surface area contributed by atoms with Crippen LogP contribution in [0.5, 0.6) is 0 Å². The fourth-order valence-corrected chi connectivity index (χ4v) is 0.938. The summed E-state index contributed by atoms with van der Waals surface area (Å²) < 4.78 is 5.10. The highest BCUT2D eigenvalue weighted by molar-refractivity contribution is 5.26. The van der Waals surface area contributed by atoms with Gasteiger partial charge in [0.2, 0.25) is 0 Å². The summed E-state index contributed by atoms with van der Waals surface area (Å²) in [5, 5.41) is 3.10. The van der Waals surface area contributed by atoms with Gasteiger partial charge >= 0.3 is 0 Å². The predicted molar refractivity (Wildman–Crippen MR) is 46.0 cm³/mol. The highest BCUT2D eigenvalue weighted by Crippen LogP contribution is 2.09. The number of hydrogen-bond donors (Lipinski definition) is 1. The van der Waals surface area contributed by atoms with Crippen LogP contribution < -0.4 is 5.32 Å². The van der Waals surface area contributed by atoms with Gasteiger partial charge in [-0.1, -0.05) is 12.2 Å². The molecule has 0 saturated heterocycles. The Morgan fingerprint density at radius 1 is 1.55 bits per heavy atom. The van der Waals surface area contributed by atoms with Gasteiger partial charge in [0, 0.05) is 19.2 Å². The van der Waals surface area contributed by atoms with Crippen molar-refractivity contribution in [1.82, 2.24) is 5.32 Å². The van der Waals surface area contributed by atoms with Gasteiger partial charge in [0.15, 0.2) is 0 Å². The van der Waals surface area contributed by atoms with Crippen LogP contribution in [0.15, 0.2) is 35.8 Å². The van der Waals surface area contributed by atoms with Crippen LogP contribution in [0.3, 0.4) is 0 Å². The van der Waals surface area contributed by atoms with E-state index in [1.54, 1.807) is 7.11 Å². The first kappa shape index (κ1) is 7.92. The van der Waals surface area contributed by atoms with Crippen molar-refractivity contribution in [3.05, 3.63) is 35.8 Å². The van der Waals surface area contributed by atoms with E-state index in [2.05, 4.69) is 11.4 Å². The second-order valence-electron chi connectivity index (χ2n) is 2.33. The summed E-state index contributed by atoms with van der Waals surface area (Å²) in [6.07, 6.45) is 8.98. The third-order valence-electron chi connectivity index (χ3n) is 1.61. The van der Waals surface area contributed by atoms with E-state index in [-0.39, 0.29) is 0 Å². The summed E-state index contributed by atoms with van der Waals surface area (Å²) in [5.41, 5.74) is 1.17. The highest BCUT2D eigenvalue weighted by Gasteiger charge is 1.97.